The number of carbonyl (C=O) groups is 3. The molecule has 1 aliphatic heterocycles. The molecule has 9 heteroatoms. The molecule has 1 aliphatic rings. The van der Waals surface area contributed by atoms with Gasteiger partial charge in [-0.25, -0.2) is 9.78 Å². The van der Waals surface area contributed by atoms with Crippen LogP contribution in [0.1, 0.15) is 65.1 Å². The zero-order valence-electron chi connectivity index (χ0n) is 22.8. The molecule has 208 valence electrons. The molecule has 1 N–H and O–H groups in total. The zero-order chi connectivity index (χ0) is 28.6. The van der Waals surface area contributed by atoms with Gasteiger partial charge in [0.25, 0.3) is 5.91 Å². The normalized spacial score (nSPS) is 15.2. The van der Waals surface area contributed by atoms with E-state index in [4.69, 9.17) is 9.47 Å². The minimum atomic E-state index is -0.963. The van der Waals surface area contributed by atoms with Gasteiger partial charge < -0.3 is 14.6 Å². The molecule has 40 heavy (non-hydrogen) atoms. The minimum absolute atomic E-state index is 0.0714. The second kappa shape index (κ2) is 13.2. The molecule has 1 amide bonds. The van der Waals surface area contributed by atoms with Crippen molar-refractivity contribution in [1.29, 1.82) is 0 Å². The van der Waals surface area contributed by atoms with Crippen molar-refractivity contribution in [3.05, 3.63) is 93.7 Å². The van der Waals surface area contributed by atoms with E-state index in [1.54, 1.807) is 37.3 Å². The van der Waals surface area contributed by atoms with E-state index >= 15 is 0 Å². The Hall–Kier alpha value is -4.24. The average Bonchev–Trinajstić information content (AvgIpc) is 3.48. The van der Waals surface area contributed by atoms with Crippen LogP contribution in [-0.2, 0) is 14.3 Å². The van der Waals surface area contributed by atoms with Crippen molar-refractivity contribution in [3.8, 4) is 5.75 Å². The lowest BCUT2D eigenvalue weighted by Gasteiger charge is -2.24. The summed E-state index contributed by atoms with van der Waals surface area (Å²) in [6.07, 6.45) is 7.33. The number of hydrogen-bond acceptors (Lipinski definition) is 8. The van der Waals surface area contributed by atoms with E-state index in [-0.39, 0.29) is 15.6 Å². The predicted octanol–water partition coefficient (Wildman–Crippen LogP) is 6.38. The fourth-order valence-electron chi connectivity index (χ4n) is 4.43. The highest BCUT2D eigenvalue weighted by Gasteiger charge is 2.45. The number of ketones is 1. The molecule has 1 aromatic heterocycles. The van der Waals surface area contributed by atoms with Gasteiger partial charge in [-0.3, -0.25) is 14.5 Å². The van der Waals surface area contributed by atoms with Gasteiger partial charge in [-0.2, -0.15) is 0 Å². The third-order valence-corrected chi connectivity index (χ3v) is 7.66. The number of allylic oxidation sites excluding steroid dienone is 1. The number of unbranched alkanes of at least 4 members (excludes halogenated alkanes) is 3. The number of anilines is 1. The Morgan fingerprint density at radius 2 is 1.80 bits per heavy atom. The number of aryl methyl sites for hydroxylation is 1. The number of ether oxygens (including phenoxy) is 2. The summed E-state index contributed by atoms with van der Waals surface area (Å²) < 4.78 is 10.7. The maximum absolute atomic E-state index is 13.5. The van der Waals surface area contributed by atoms with E-state index < -0.39 is 29.5 Å². The number of aromatic nitrogens is 1. The second-order valence-electron chi connectivity index (χ2n) is 9.33. The molecule has 0 bridgehead atoms. The molecule has 3 aromatic rings. The van der Waals surface area contributed by atoms with Crippen molar-refractivity contribution >= 4 is 40.2 Å². The van der Waals surface area contributed by atoms with E-state index in [0.717, 1.165) is 42.6 Å². The summed E-state index contributed by atoms with van der Waals surface area (Å²) in [6, 6.07) is 15.4. The lowest BCUT2D eigenvalue weighted by molar-refractivity contribution is -0.117. The van der Waals surface area contributed by atoms with Crippen molar-refractivity contribution in [1.82, 2.24) is 4.98 Å². The maximum Gasteiger partial charge on any atom is 0.350 e. The van der Waals surface area contributed by atoms with Crippen LogP contribution in [0.4, 0.5) is 5.13 Å². The van der Waals surface area contributed by atoms with Crippen LogP contribution in [-0.4, -0.2) is 41.5 Å². The lowest BCUT2D eigenvalue weighted by Crippen LogP contribution is -2.30. The number of amides is 1. The monoisotopic (exact) mass is 560 g/mol. The first kappa shape index (κ1) is 28.8. The Kier molecular flexibility index (Phi) is 9.50. The van der Waals surface area contributed by atoms with Crippen LogP contribution in [0.15, 0.2) is 72.0 Å². The largest absolute Gasteiger partial charge is 0.503 e. The smallest absolute Gasteiger partial charge is 0.350 e. The Morgan fingerprint density at radius 3 is 2.48 bits per heavy atom. The van der Waals surface area contributed by atoms with Gasteiger partial charge in [-0.15, -0.1) is 0 Å². The first-order valence-electron chi connectivity index (χ1n) is 13.2. The molecule has 0 saturated carbocycles. The van der Waals surface area contributed by atoms with E-state index in [1.165, 1.54) is 18.1 Å². The molecule has 0 spiro atoms. The van der Waals surface area contributed by atoms with E-state index in [0.29, 0.717) is 23.6 Å². The predicted molar refractivity (Wildman–Crippen MR) is 155 cm³/mol. The number of carbonyl (C=O) groups excluding carboxylic acids is 3. The molecule has 4 rings (SSSR count). The molecule has 1 atom stereocenters. The Morgan fingerprint density at radius 1 is 1.07 bits per heavy atom. The van der Waals surface area contributed by atoms with Gasteiger partial charge in [-0.05, 0) is 42.7 Å². The van der Waals surface area contributed by atoms with Gasteiger partial charge in [-0.1, -0.05) is 86.1 Å². The van der Waals surface area contributed by atoms with E-state index in [2.05, 4.69) is 11.9 Å². The summed E-state index contributed by atoms with van der Waals surface area (Å²) in [4.78, 5) is 45.0. The van der Waals surface area contributed by atoms with Crippen molar-refractivity contribution in [2.24, 2.45) is 0 Å². The average molecular weight is 561 g/mol. The van der Waals surface area contributed by atoms with Gasteiger partial charge >= 0.3 is 5.97 Å². The standard InChI is InChI=1S/C31H32N2O6S/c1-4-5-6-10-19-39-23-16-14-22(15-17-23)26-25(24(34)18-13-21-11-8-7-9-12-21)27(35)29(36)33(26)31-32-20(2)28(40-31)30(37)38-3/h7-9,11-18,26,35H,4-6,10,19H2,1-3H3. The van der Waals surface area contributed by atoms with E-state index in [9.17, 15) is 19.5 Å². The number of benzene rings is 2. The molecule has 0 radical (unpaired) electrons. The zero-order valence-corrected chi connectivity index (χ0v) is 23.6. The highest BCUT2D eigenvalue weighted by atomic mass is 32.1. The highest BCUT2D eigenvalue weighted by molar-refractivity contribution is 7.17. The Labute approximate surface area is 237 Å². The molecule has 2 aromatic carbocycles. The van der Waals surface area contributed by atoms with Crippen molar-refractivity contribution in [2.45, 2.75) is 45.6 Å². The van der Waals surface area contributed by atoms with Crippen molar-refractivity contribution < 1.29 is 29.0 Å². The SMILES string of the molecule is CCCCCCOc1ccc(C2C(C(=O)C=Cc3ccccc3)=C(O)C(=O)N2c2nc(C)c(C(=O)OC)s2)cc1. The van der Waals surface area contributed by atoms with Crippen LogP contribution in [0, 0.1) is 6.92 Å². The summed E-state index contributed by atoms with van der Waals surface area (Å²) >= 11 is 0.966. The number of aliphatic hydroxyl groups is 1. The fourth-order valence-corrected chi connectivity index (χ4v) is 5.44. The van der Waals surface area contributed by atoms with Crippen LogP contribution in [0.2, 0.25) is 0 Å². The van der Waals surface area contributed by atoms with Crippen molar-refractivity contribution in [3.63, 3.8) is 0 Å². The number of nitrogens with zero attached hydrogens (tertiary/aromatic N) is 2. The number of thiazole rings is 1. The summed E-state index contributed by atoms with van der Waals surface area (Å²) in [7, 11) is 1.27. The second-order valence-corrected chi connectivity index (χ2v) is 10.3. The summed E-state index contributed by atoms with van der Waals surface area (Å²) in [5.74, 6) is -1.86. The quantitative estimate of drug-likeness (QED) is 0.156. The number of methoxy groups -OCH3 is 1. The van der Waals surface area contributed by atoms with Gasteiger partial charge in [0.2, 0.25) is 0 Å². The molecule has 0 aliphatic carbocycles. The molecule has 8 nitrogen and oxygen atoms in total. The number of aliphatic hydroxyl groups excluding tert-OH is 1. The first-order chi connectivity index (χ1) is 19.3. The fraction of sp³-hybridized carbons (Fsp3) is 0.290. The Bertz CT molecular complexity index is 1430. The van der Waals surface area contributed by atoms with Crippen LogP contribution in [0.3, 0.4) is 0 Å². The van der Waals surface area contributed by atoms with Gasteiger partial charge in [0, 0.05) is 0 Å². The topological polar surface area (TPSA) is 106 Å². The van der Waals surface area contributed by atoms with Crippen LogP contribution < -0.4 is 9.64 Å². The number of esters is 1. The van der Waals surface area contributed by atoms with E-state index in [1.807, 2.05) is 30.3 Å². The molecule has 2 heterocycles. The van der Waals surface area contributed by atoms with Crippen molar-refractivity contribution in [2.75, 3.05) is 18.6 Å². The third-order valence-electron chi connectivity index (χ3n) is 6.52. The molecule has 1 unspecified atom stereocenters. The summed E-state index contributed by atoms with van der Waals surface area (Å²) in [5, 5.41) is 11.1. The van der Waals surface area contributed by atoms with Crippen LogP contribution in [0.5, 0.6) is 5.75 Å². The molecule has 0 fully saturated rings. The molecule has 0 saturated heterocycles. The van der Waals surface area contributed by atoms with Gasteiger partial charge in [0.15, 0.2) is 16.7 Å². The lowest BCUT2D eigenvalue weighted by atomic mass is 9.95. The summed E-state index contributed by atoms with van der Waals surface area (Å²) in [5.41, 5.74) is 1.69. The summed E-state index contributed by atoms with van der Waals surface area (Å²) in [6.45, 7) is 4.38. The first-order valence-corrected chi connectivity index (χ1v) is 14.0. The third kappa shape index (κ3) is 6.31. The number of rotatable bonds is 12. The van der Waals surface area contributed by atoms with Gasteiger partial charge in [0.1, 0.15) is 10.6 Å². The van der Waals surface area contributed by atoms with Crippen LogP contribution >= 0.6 is 11.3 Å². The Balaban J connectivity index is 1.69. The minimum Gasteiger partial charge on any atom is -0.503 e. The molecular formula is C31H32N2O6S. The number of hydrogen-bond donors (Lipinski definition) is 1. The van der Waals surface area contributed by atoms with Crippen LogP contribution in [0.25, 0.3) is 6.08 Å². The molecular weight excluding hydrogens is 528 g/mol. The maximum atomic E-state index is 13.5. The van der Waals surface area contributed by atoms with Gasteiger partial charge in [0.05, 0.1) is 31.0 Å². The highest BCUT2D eigenvalue weighted by Crippen LogP contribution is 2.43.